The maximum absolute atomic E-state index is 13.3. The van der Waals surface area contributed by atoms with Gasteiger partial charge in [-0.1, -0.05) is 23.7 Å². The monoisotopic (exact) mass is 469 g/mol. The Morgan fingerprint density at radius 2 is 1.97 bits per heavy atom. The van der Waals surface area contributed by atoms with Crippen molar-refractivity contribution in [2.75, 3.05) is 26.2 Å². The summed E-state index contributed by atoms with van der Waals surface area (Å²) in [6, 6.07) is 9.05. The molecule has 0 radical (unpaired) electrons. The smallest absolute Gasteiger partial charge is 0.416 e. The van der Waals surface area contributed by atoms with Crippen LogP contribution >= 0.6 is 11.6 Å². The number of hydrogen-bond acceptors (Lipinski definition) is 4. The average Bonchev–Trinajstić information content (AvgIpc) is 3.09. The number of aliphatic carboxylic acids is 1. The molecule has 1 spiro atoms. The van der Waals surface area contributed by atoms with Crippen LogP contribution in [0.3, 0.4) is 0 Å². The van der Waals surface area contributed by atoms with E-state index >= 15 is 0 Å². The molecule has 2 aliphatic rings. The molecule has 5 nitrogen and oxygen atoms in total. The van der Waals surface area contributed by atoms with Gasteiger partial charge in [-0.2, -0.15) is 13.2 Å². The van der Waals surface area contributed by atoms with Crippen molar-refractivity contribution in [3.05, 3.63) is 58.1 Å². The number of carboxylic acids is 1. The normalized spacial score (nSPS) is 17.8. The Labute approximate surface area is 188 Å². The highest BCUT2D eigenvalue weighted by Crippen LogP contribution is 2.47. The number of benzene rings is 2. The molecule has 0 amide bonds. The van der Waals surface area contributed by atoms with Gasteiger partial charge in [0.15, 0.2) is 0 Å². The summed E-state index contributed by atoms with van der Waals surface area (Å²) >= 11 is 6.00. The second kappa shape index (κ2) is 8.83. The van der Waals surface area contributed by atoms with E-state index in [4.69, 9.17) is 26.2 Å². The molecule has 1 N–H and O–H groups in total. The molecule has 0 atom stereocenters. The lowest BCUT2D eigenvalue weighted by atomic mass is 9.74. The Bertz CT molecular complexity index is 1000. The van der Waals surface area contributed by atoms with E-state index in [2.05, 4.69) is 4.90 Å². The van der Waals surface area contributed by atoms with Crippen LogP contribution in [0.5, 0.6) is 11.5 Å². The summed E-state index contributed by atoms with van der Waals surface area (Å²) in [6.45, 7) is 2.34. The van der Waals surface area contributed by atoms with Crippen molar-refractivity contribution >= 4 is 17.6 Å². The second-order valence-electron chi connectivity index (χ2n) is 8.26. The van der Waals surface area contributed by atoms with Crippen LogP contribution in [0.1, 0.15) is 36.0 Å². The molecule has 0 aliphatic carbocycles. The van der Waals surface area contributed by atoms with Crippen LogP contribution in [0.15, 0.2) is 36.4 Å². The maximum atomic E-state index is 13.3. The summed E-state index contributed by atoms with van der Waals surface area (Å²) in [5, 5.41) is 8.88. The van der Waals surface area contributed by atoms with Gasteiger partial charge >= 0.3 is 12.1 Å². The number of alkyl halides is 3. The topological polar surface area (TPSA) is 59.0 Å². The number of piperidine rings is 1. The van der Waals surface area contributed by atoms with Crippen molar-refractivity contribution < 1.29 is 32.5 Å². The number of fused-ring (bicyclic) bond motifs is 2. The first-order chi connectivity index (χ1) is 15.2. The molecule has 0 unspecified atom stereocenters. The van der Waals surface area contributed by atoms with Crippen LogP contribution in [0.2, 0.25) is 5.02 Å². The number of likely N-dealkylation sites (tertiary alicyclic amines) is 1. The number of ether oxygens (including phenoxy) is 2. The van der Waals surface area contributed by atoms with Gasteiger partial charge in [0.2, 0.25) is 0 Å². The molecule has 1 saturated heterocycles. The van der Waals surface area contributed by atoms with Gasteiger partial charge in [0, 0.05) is 34.2 Å². The van der Waals surface area contributed by atoms with Crippen molar-refractivity contribution in [2.45, 2.75) is 37.5 Å². The van der Waals surface area contributed by atoms with E-state index in [0.717, 1.165) is 37.6 Å². The van der Waals surface area contributed by atoms with E-state index in [9.17, 15) is 18.0 Å². The molecule has 2 aliphatic heterocycles. The third-order valence-electron chi connectivity index (χ3n) is 6.29. The third-order valence-corrected chi connectivity index (χ3v) is 6.64. The molecule has 2 heterocycles. The predicted molar refractivity (Wildman–Crippen MR) is 112 cm³/mol. The number of nitrogens with zero attached hydrogens (tertiary/aromatic N) is 1. The Kier molecular flexibility index (Phi) is 6.27. The summed E-state index contributed by atoms with van der Waals surface area (Å²) in [5.41, 5.74) is 0.0283. The van der Waals surface area contributed by atoms with Crippen LogP contribution in [-0.4, -0.2) is 42.2 Å². The lowest BCUT2D eigenvalue weighted by Crippen LogP contribution is -2.44. The lowest BCUT2D eigenvalue weighted by molar-refractivity contribution is -0.139. The summed E-state index contributed by atoms with van der Waals surface area (Å²) in [4.78, 5) is 12.9. The standard InChI is InChI=1S/C23H23ClF3NO4/c24-19-3-1-2-17(23(25,26)27)16(19)13-31-15-4-5-18-20(12-15)32-14-22(18)7-10-28(11-8-22)9-6-21(29)30/h1-5,12H,6-11,13-14H2,(H,29,30). The fourth-order valence-corrected chi connectivity index (χ4v) is 4.67. The van der Waals surface area contributed by atoms with Crippen molar-refractivity contribution in [1.29, 1.82) is 0 Å². The minimum absolute atomic E-state index is 0.00541. The Morgan fingerprint density at radius 3 is 2.66 bits per heavy atom. The fourth-order valence-electron chi connectivity index (χ4n) is 4.44. The zero-order valence-corrected chi connectivity index (χ0v) is 18.0. The number of carboxylic acid groups (broad SMARTS) is 1. The third kappa shape index (κ3) is 4.66. The summed E-state index contributed by atoms with van der Waals surface area (Å²) in [5.74, 6) is 0.288. The summed E-state index contributed by atoms with van der Waals surface area (Å²) in [7, 11) is 0. The van der Waals surface area contributed by atoms with Gasteiger partial charge < -0.3 is 19.5 Å². The van der Waals surface area contributed by atoms with E-state index in [-0.39, 0.29) is 29.0 Å². The van der Waals surface area contributed by atoms with E-state index in [1.165, 1.54) is 12.1 Å². The maximum Gasteiger partial charge on any atom is 0.416 e. The van der Waals surface area contributed by atoms with E-state index in [0.29, 0.717) is 24.7 Å². The van der Waals surface area contributed by atoms with Crippen LogP contribution in [0, 0.1) is 0 Å². The van der Waals surface area contributed by atoms with Gasteiger partial charge in [-0.15, -0.1) is 0 Å². The highest BCUT2D eigenvalue weighted by molar-refractivity contribution is 6.31. The molecule has 2 aromatic carbocycles. The molecule has 4 rings (SSSR count). The first kappa shape index (κ1) is 22.7. The van der Waals surface area contributed by atoms with Gasteiger partial charge in [0.05, 0.1) is 18.6 Å². The van der Waals surface area contributed by atoms with Crippen molar-refractivity contribution in [2.24, 2.45) is 0 Å². The molecule has 9 heteroatoms. The average molecular weight is 470 g/mol. The quantitative estimate of drug-likeness (QED) is 0.635. The van der Waals surface area contributed by atoms with Crippen molar-refractivity contribution in [1.82, 2.24) is 4.90 Å². The zero-order chi connectivity index (χ0) is 22.9. The Balaban J connectivity index is 1.44. The first-order valence-electron chi connectivity index (χ1n) is 10.4. The van der Waals surface area contributed by atoms with E-state index in [1.807, 2.05) is 6.07 Å². The fraction of sp³-hybridized carbons (Fsp3) is 0.435. The molecule has 2 aromatic rings. The second-order valence-corrected chi connectivity index (χ2v) is 8.67. The van der Waals surface area contributed by atoms with Crippen LogP contribution in [0.25, 0.3) is 0 Å². The van der Waals surface area contributed by atoms with Gasteiger partial charge in [-0.25, -0.2) is 0 Å². The highest BCUT2D eigenvalue weighted by atomic mass is 35.5. The SMILES string of the molecule is O=C(O)CCN1CCC2(CC1)COc1cc(OCc3c(Cl)cccc3C(F)(F)F)ccc12. The molecule has 0 saturated carbocycles. The highest BCUT2D eigenvalue weighted by Gasteiger charge is 2.43. The molecular formula is C23H23ClF3NO4. The predicted octanol–water partition coefficient (Wildman–Crippen LogP) is 5.14. The largest absolute Gasteiger partial charge is 0.492 e. The van der Waals surface area contributed by atoms with Crippen molar-refractivity contribution in [3.8, 4) is 11.5 Å². The molecule has 172 valence electrons. The van der Waals surface area contributed by atoms with E-state index < -0.39 is 17.7 Å². The number of rotatable bonds is 6. The van der Waals surface area contributed by atoms with Crippen LogP contribution < -0.4 is 9.47 Å². The Hall–Kier alpha value is -2.45. The zero-order valence-electron chi connectivity index (χ0n) is 17.3. The summed E-state index contributed by atoms with van der Waals surface area (Å²) < 4.78 is 51.4. The van der Waals surface area contributed by atoms with Crippen LogP contribution in [0.4, 0.5) is 13.2 Å². The summed E-state index contributed by atoms with van der Waals surface area (Å²) in [6.07, 6.45) is -2.68. The first-order valence-corrected chi connectivity index (χ1v) is 10.7. The number of carbonyl (C=O) groups is 1. The van der Waals surface area contributed by atoms with Gasteiger partial charge in [-0.3, -0.25) is 4.79 Å². The molecular weight excluding hydrogens is 447 g/mol. The van der Waals surface area contributed by atoms with Gasteiger partial charge in [0.1, 0.15) is 18.1 Å². The van der Waals surface area contributed by atoms with E-state index in [1.54, 1.807) is 12.1 Å². The molecule has 0 aromatic heterocycles. The number of halogens is 4. The minimum Gasteiger partial charge on any atom is -0.492 e. The lowest BCUT2D eigenvalue weighted by Gasteiger charge is -2.38. The molecule has 32 heavy (non-hydrogen) atoms. The molecule has 0 bridgehead atoms. The van der Waals surface area contributed by atoms with Crippen molar-refractivity contribution in [3.63, 3.8) is 0 Å². The van der Waals surface area contributed by atoms with Gasteiger partial charge in [0.25, 0.3) is 0 Å². The van der Waals surface area contributed by atoms with Gasteiger partial charge in [-0.05, 0) is 44.1 Å². The number of hydrogen-bond donors (Lipinski definition) is 1. The van der Waals surface area contributed by atoms with Crippen LogP contribution in [-0.2, 0) is 23.0 Å². The Morgan fingerprint density at radius 1 is 1.22 bits per heavy atom. The minimum atomic E-state index is -4.52. The molecule has 1 fully saturated rings.